The maximum Gasteiger partial charge on any atom is 0.211 e. The summed E-state index contributed by atoms with van der Waals surface area (Å²) in [5.41, 5.74) is 4.38. The molecular formula is C21H16ClN3OS. The monoisotopic (exact) mass is 393 g/mol. The second-order valence-corrected chi connectivity index (χ2v) is 7.37. The SMILES string of the molecule is C=CCn1c(-c2ccc(Cl)cc2)cs/c1=N/N=C1\CC(=O)c2ccccc21. The number of fused-ring (bicyclic) bond motifs is 1. The maximum absolute atomic E-state index is 12.1. The number of aromatic nitrogens is 1. The molecule has 1 aliphatic rings. The van der Waals surface area contributed by atoms with Crippen molar-refractivity contribution in [3.63, 3.8) is 0 Å². The molecule has 0 saturated carbocycles. The van der Waals surface area contributed by atoms with Crippen LogP contribution in [0.15, 0.2) is 76.8 Å². The van der Waals surface area contributed by atoms with E-state index < -0.39 is 0 Å². The predicted octanol–water partition coefficient (Wildman–Crippen LogP) is 4.95. The van der Waals surface area contributed by atoms with Crippen LogP contribution in [0.5, 0.6) is 0 Å². The van der Waals surface area contributed by atoms with Crippen molar-refractivity contribution in [1.82, 2.24) is 4.57 Å². The van der Waals surface area contributed by atoms with Gasteiger partial charge in [0.05, 0.1) is 17.8 Å². The summed E-state index contributed by atoms with van der Waals surface area (Å²) in [6.07, 6.45) is 2.12. The van der Waals surface area contributed by atoms with Gasteiger partial charge in [0.15, 0.2) is 5.78 Å². The summed E-state index contributed by atoms with van der Waals surface area (Å²) in [5, 5.41) is 11.6. The molecule has 1 heterocycles. The minimum absolute atomic E-state index is 0.0894. The first-order valence-electron chi connectivity index (χ1n) is 8.45. The molecule has 0 N–H and O–H groups in total. The number of hydrogen-bond donors (Lipinski definition) is 0. The number of benzene rings is 2. The topological polar surface area (TPSA) is 46.7 Å². The highest BCUT2D eigenvalue weighted by Crippen LogP contribution is 2.24. The number of allylic oxidation sites excluding steroid dienone is 1. The quantitative estimate of drug-likeness (QED) is 0.457. The van der Waals surface area contributed by atoms with E-state index in [1.54, 1.807) is 0 Å². The van der Waals surface area contributed by atoms with Crippen LogP contribution in [0.2, 0.25) is 5.02 Å². The summed E-state index contributed by atoms with van der Waals surface area (Å²) in [7, 11) is 0. The molecule has 4 rings (SSSR count). The Kier molecular flexibility index (Phi) is 4.88. The lowest BCUT2D eigenvalue weighted by atomic mass is 10.1. The number of carbonyl (C=O) groups excluding carboxylic acids is 1. The molecule has 0 fully saturated rings. The molecule has 134 valence electrons. The van der Waals surface area contributed by atoms with Gasteiger partial charge in [-0.2, -0.15) is 5.10 Å². The molecule has 0 bridgehead atoms. The number of thiazole rings is 1. The van der Waals surface area contributed by atoms with Gasteiger partial charge in [-0.15, -0.1) is 23.0 Å². The van der Waals surface area contributed by atoms with Crippen LogP contribution in [0.1, 0.15) is 22.3 Å². The molecule has 0 amide bonds. The normalized spacial score (nSPS) is 15.4. The van der Waals surface area contributed by atoms with Gasteiger partial charge in [0.25, 0.3) is 0 Å². The molecule has 6 heteroatoms. The van der Waals surface area contributed by atoms with Gasteiger partial charge in [-0.3, -0.25) is 4.79 Å². The van der Waals surface area contributed by atoms with Crippen LogP contribution in [-0.4, -0.2) is 16.1 Å². The van der Waals surface area contributed by atoms with E-state index >= 15 is 0 Å². The van der Waals surface area contributed by atoms with E-state index in [0.29, 0.717) is 23.7 Å². The van der Waals surface area contributed by atoms with Crippen molar-refractivity contribution in [2.45, 2.75) is 13.0 Å². The van der Waals surface area contributed by atoms with Crippen LogP contribution in [0.25, 0.3) is 11.3 Å². The molecule has 2 aromatic carbocycles. The third-order valence-electron chi connectivity index (χ3n) is 4.37. The van der Waals surface area contributed by atoms with Gasteiger partial charge in [-0.1, -0.05) is 54.1 Å². The van der Waals surface area contributed by atoms with Crippen LogP contribution >= 0.6 is 22.9 Å². The van der Waals surface area contributed by atoms with Gasteiger partial charge in [-0.05, 0) is 17.7 Å². The highest BCUT2D eigenvalue weighted by Gasteiger charge is 2.24. The minimum atomic E-state index is 0.0894. The fraction of sp³-hybridized carbons (Fsp3) is 0.0952. The second kappa shape index (κ2) is 7.47. The van der Waals surface area contributed by atoms with Crippen LogP contribution in [0.3, 0.4) is 0 Å². The molecule has 0 spiro atoms. The Balaban J connectivity index is 1.77. The van der Waals surface area contributed by atoms with E-state index in [4.69, 9.17) is 11.6 Å². The highest BCUT2D eigenvalue weighted by molar-refractivity contribution is 7.07. The minimum Gasteiger partial charge on any atom is -0.311 e. The van der Waals surface area contributed by atoms with Crippen LogP contribution < -0.4 is 4.80 Å². The predicted molar refractivity (Wildman–Crippen MR) is 110 cm³/mol. The van der Waals surface area contributed by atoms with Gasteiger partial charge in [0.1, 0.15) is 0 Å². The molecular weight excluding hydrogens is 378 g/mol. The summed E-state index contributed by atoms with van der Waals surface area (Å²) >= 11 is 7.50. The molecule has 0 aliphatic heterocycles. The Morgan fingerprint density at radius 2 is 1.85 bits per heavy atom. The highest BCUT2D eigenvalue weighted by atomic mass is 35.5. The Morgan fingerprint density at radius 1 is 1.11 bits per heavy atom. The first-order valence-corrected chi connectivity index (χ1v) is 9.71. The van der Waals surface area contributed by atoms with Gasteiger partial charge in [-0.25, -0.2) is 0 Å². The van der Waals surface area contributed by atoms with Crippen LogP contribution in [0.4, 0.5) is 0 Å². The Bertz CT molecular complexity index is 1120. The zero-order chi connectivity index (χ0) is 18.8. The molecule has 4 nitrogen and oxygen atoms in total. The van der Waals surface area contributed by atoms with Crippen LogP contribution in [0, 0.1) is 0 Å². The molecule has 0 atom stereocenters. The number of ketones is 1. The number of hydrogen-bond acceptors (Lipinski definition) is 4. The largest absolute Gasteiger partial charge is 0.311 e. The molecule has 1 aromatic heterocycles. The van der Waals surface area contributed by atoms with Gasteiger partial charge in [0, 0.05) is 28.1 Å². The molecule has 3 aromatic rings. The number of nitrogens with zero attached hydrogens (tertiary/aromatic N) is 3. The number of halogens is 1. The van der Waals surface area contributed by atoms with E-state index in [2.05, 4.69) is 16.8 Å². The van der Waals surface area contributed by atoms with Crippen molar-refractivity contribution in [3.8, 4) is 11.3 Å². The summed E-state index contributed by atoms with van der Waals surface area (Å²) < 4.78 is 2.05. The molecule has 27 heavy (non-hydrogen) atoms. The summed E-state index contributed by atoms with van der Waals surface area (Å²) in [6.45, 7) is 4.46. The van der Waals surface area contributed by atoms with Gasteiger partial charge in [0.2, 0.25) is 4.80 Å². The second-order valence-electron chi connectivity index (χ2n) is 6.10. The molecule has 0 saturated heterocycles. The van der Waals surface area contributed by atoms with Crippen LogP contribution in [-0.2, 0) is 6.54 Å². The number of carbonyl (C=O) groups is 1. The lowest BCUT2D eigenvalue weighted by Gasteiger charge is -2.06. The summed E-state index contributed by atoms with van der Waals surface area (Å²) in [5.74, 6) is 0.0894. The smallest absolute Gasteiger partial charge is 0.211 e. The van der Waals surface area contributed by atoms with Crippen molar-refractivity contribution in [3.05, 3.63) is 87.5 Å². The average Bonchev–Trinajstić information content (AvgIpc) is 3.23. The lowest BCUT2D eigenvalue weighted by molar-refractivity contribution is 0.101. The average molecular weight is 394 g/mol. The number of Topliss-reactive ketones (excluding diaryl/α,β-unsaturated/α-hetero) is 1. The summed E-state index contributed by atoms with van der Waals surface area (Å²) in [4.78, 5) is 12.9. The standard InChI is InChI=1S/C21H16ClN3OS/c1-2-11-25-19(14-7-9-15(22)10-8-14)13-27-21(25)24-23-18-12-20(26)17-6-4-3-5-16(17)18/h2-10,13H,1,11-12H2/b23-18+,24-21+. The van der Waals surface area contributed by atoms with E-state index in [1.807, 2.05) is 64.6 Å². The van der Waals surface area contributed by atoms with Crippen molar-refractivity contribution in [2.24, 2.45) is 10.2 Å². The number of rotatable bonds is 4. The maximum atomic E-state index is 12.1. The third-order valence-corrected chi connectivity index (χ3v) is 5.48. The molecule has 0 unspecified atom stereocenters. The van der Waals surface area contributed by atoms with E-state index in [0.717, 1.165) is 27.2 Å². The van der Waals surface area contributed by atoms with Crippen molar-refractivity contribution >= 4 is 34.4 Å². The first kappa shape index (κ1) is 17.6. The fourth-order valence-corrected chi connectivity index (χ4v) is 4.07. The Morgan fingerprint density at radius 3 is 2.59 bits per heavy atom. The van der Waals surface area contributed by atoms with E-state index in [9.17, 15) is 4.79 Å². The molecule has 1 aliphatic carbocycles. The Labute approximate surface area is 165 Å². The zero-order valence-electron chi connectivity index (χ0n) is 14.4. The van der Waals surface area contributed by atoms with Gasteiger partial charge >= 0.3 is 0 Å². The summed E-state index contributed by atoms with van der Waals surface area (Å²) in [6, 6.07) is 15.2. The third kappa shape index (κ3) is 3.44. The van der Waals surface area contributed by atoms with Crippen molar-refractivity contribution in [1.29, 1.82) is 0 Å². The van der Waals surface area contributed by atoms with Gasteiger partial charge < -0.3 is 4.57 Å². The Hall–Kier alpha value is -2.76. The molecule has 0 radical (unpaired) electrons. The zero-order valence-corrected chi connectivity index (χ0v) is 16.0. The van der Waals surface area contributed by atoms with E-state index in [1.165, 1.54) is 11.3 Å². The first-order chi connectivity index (χ1) is 13.2. The van der Waals surface area contributed by atoms with Crippen molar-refractivity contribution in [2.75, 3.05) is 0 Å². The van der Waals surface area contributed by atoms with Crippen molar-refractivity contribution < 1.29 is 4.79 Å². The fourth-order valence-electron chi connectivity index (χ4n) is 3.08. The lowest BCUT2D eigenvalue weighted by Crippen LogP contribution is -2.15. The van der Waals surface area contributed by atoms with E-state index in [-0.39, 0.29) is 5.78 Å².